The molecule has 2 atom stereocenters. The molecule has 2 unspecified atom stereocenters. The van der Waals surface area contributed by atoms with Crippen molar-refractivity contribution in [1.82, 2.24) is 0 Å². The van der Waals surface area contributed by atoms with E-state index in [1.165, 1.54) is 11.3 Å². The topological polar surface area (TPSA) is 44.0 Å². The van der Waals surface area contributed by atoms with Crippen LogP contribution in [0.15, 0.2) is 11.4 Å². The van der Waals surface area contributed by atoms with Crippen molar-refractivity contribution in [1.29, 1.82) is 5.26 Å². The molecule has 0 fully saturated rings. The van der Waals surface area contributed by atoms with E-state index in [9.17, 15) is 5.11 Å². The minimum atomic E-state index is -0.748. The van der Waals surface area contributed by atoms with Gasteiger partial charge in [-0.15, -0.1) is 11.3 Å². The van der Waals surface area contributed by atoms with E-state index < -0.39 is 6.10 Å². The molecule has 0 aliphatic heterocycles. The van der Waals surface area contributed by atoms with Crippen molar-refractivity contribution >= 4 is 22.9 Å². The molecule has 0 aliphatic carbocycles. The lowest BCUT2D eigenvalue weighted by Gasteiger charge is -2.13. The lowest BCUT2D eigenvalue weighted by molar-refractivity contribution is 0.136. The average Bonchev–Trinajstić information content (AvgIpc) is 2.53. The zero-order chi connectivity index (χ0) is 9.84. The summed E-state index contributed by atoms with van der Waals surface area (Å²) in [6, 6.07) is 3.80. The summed E-state index contributed by atoms with van der Waals surface area (Å²) in [7, 11) is 0. The Morgan fingerprint density at radius 1 is 1.77 bits per heavy atom. The number of aliphatic hydroxyl groups is 1. The number of thiophene rings is 1. The monoisotopic (exact) mass is 215 g/mol. The fraction of sp³-hybridized carbons (Fsp3) is 0.444. The van der Waals surface area contributed by atoms with Gasteiger partial charge >= 0.3 is 0 Å². The summed E-state index contributed by atoms with van der Waals surface area (Å²) < 4.78 is 0. The van der Waals surface area contributed by atoms with Gasteiger partial charge in [0.15, 0.2) is 0 Å². The molecule has 2 nitrogen and oxygen atoms in total. The van der Waals surface area contributed by atoms with Gasteiger partial charge in [0.05, 0.1) is 21.9 Å². The van der Waals surface area contributed by atoms with Crippen LogP contribution in [0, 0.1) is 17.2 Å². The third-order valence-corrected chi connectivity index (χ3v) is 3.33. The molecular formula is C9H10ClNOS. The number of aliphatic hydroxyl groups excluding tert-OH is 1. The summed E-state index contributed by atoms with van der Waals surface area (Å²) in [5.41, 5.74) is 0. The van der Waals surface area contributed by atoms with Crippen LogP contribution in [-0.2, 0) is 0 Å². The molecule has 1 rings (SSSR count). The molecule has 1 aromatic rings. The van der Waals surface area contributed by atoms with Crippen molar-refractivity contribution in [2.24, 2.45) is 5.92 Å². The second kappa shape index (κ2) is 4.61. The predicted molar refractivity (Wildman–Crippen MR) is 53.7 cm³/mol. The molecule has 1 N–H and O–H groups in total. The first-order chi connectivity index (χ1) is 6.20. The van der Waals surface area contributed by atoms with Gasteiger partial charge in [0.1, 0.15) is 6.10 Å². The molecule has 0 saturated carbocycles. The Balaban J connectivity index is 2.85. The van der Waals surface area contributed by atoms with Gasteiger partial charge in [-0.05, 0) is 17.9 Å². The normalized spacial score (nSPS) is 14.9. The van der Waals surface area contributed by atoms with Gasteiger partial charge in [0, 0.05) is 0 Å². The number of nitriles is 1. The fourth-order valence-electron chi connectivity index (χ4n) is 1.08. The SMILES string of the molecule is CCC(C#N)C(O)c1sccc1Cl. The van der Waals surface area contributed by atoms with Crippen LogP contribution in [0.25, 0.3) is 0 Å². The van der Waals surface area contributed by atoms with Crippen LogP contribution < -0.4 is 0 Å². The summed E-state index contributed by atoms with van der Waals surface area (Å²) >= 11 is 7.22. The van der Waals surface area contributed by atoms with E-state index in [4.69, 9.17) is 16.9 Å². The van der Waals surface area contributed by atoms with Gasteiger partial charge in [-0.2, -0.15) is 5.26 Å². The molecule has 0 bridgehead atoms. The Morgan fingerprint density at radius 2 is 2.46 bits per heavy atom. The van der Waals surface area contributed by atoms with Crippen molar-refractivity contribution in [3.63, 3.8) is 0 Å². The molecule has 0 saturated heterocycles. The summed E-state index contributed by atoms with van der Waals surface area (Å²) in [5, 5.41) is 20.8. The number of rotatable bonds is 3. The Kier molecular flexibility index (Phi) is 3.73. The highest BCUT2D eigenvalue weighted by molar-refractivity contribution is 7.10. The van der Waals surface area contributed by atoms with Crippen LogP contribution in [0.4, 0.5) is 0 Å². The standard InChI is InChI=1S/C9H10ClNOS/c1-2-6(5-11)8(12)9-7(10)3-4-13-9/h3-4,6,8,12H,2H2,1H3. The van der Waals surface area contributed by atoms with Crippen LogP contribution in [0.1, 0.15) is 24.3 Å². The van der Waals surface area contributed by atoms with Gasteiger partial charge in [-0.25, -0.2) is 0 Å². The number of hydrogen-bond acceptors (Lipinski definition) is 3. The van der Waals surface area contributed by atoms with Crippen LogP contribution in [0.2, 0.25) is 5.02 Å². The quantitative estimate of drug-likeness (QED) is 0.843. The van der Waals surface area contributed by atoms with Gasteiger partial charge in [-0.3, -0.25) is 0 Å². The molecule has 1 aromatic heterocycles. The summed E-state index contributed by atoms with van der Waals surface area (Å²) in [6.07, 6.45) is -0.117. The molecule has 0 radical (unpaired) electrons. The van der Waals surface area contributed by atoms with E-state index in [1.807, 2.05) is 12.3 Å². The minimum absolute atomic E-state index is 0.365. The minimum Gasteiger partial charge on any atom is -0.386 e. The molecule has 4 heteroatoms. The largest absolute Gasteiger partial charge is 0.386 e. The fourth-order valence-corrected chi connectivity index (χ4v) is 2.30. The van der Waals surface area contributed by atoms with Crippen LogP contribution in [-0.4, -0.2) is 5.11 Å². The van der Waals surface area contributed by atoms with E-state index in [2.05, 4.69) is 6.07 Å². The zero-order valence-electron chi connectivity index (χ0n) is 7.20. The van der Waals surface area contributed by atoms with E-state index in [-0.39, 0.29) is 5.92 Å². The molecule has 0 spiro atoms. The van der Waals surface area contributed by atoms with Crippen LogP contribution >= 0.6 is 22.9 Å². The first kappa shape index (κ1) is 10.5. The Labute approximate surface area is 86.4 Å². The Morgan fingerprint density at radius 3 is 2.85 bits per heavy atom. The lowest BCUT2D eigenvalue weighted by Crippen LogP contribution is -2.08. The van der Waals surface area contributed by atoms with E-state index in [0.717, 1.165) is 0 Å². The highest BCUT2D eigenvalue weighted by Gasteiger charge is 2.21. The van der Waals surface area contributed by atoms with Crippen molar-refractivity contribution < 1.29 is 5.11 Å². The Bertz CT molecular complexity index is 318. The number of halogens is 1. The molecule has 13 heavy (non-hydrogen) atoms. The molecule has 0 aliphatic rings. The Hall–Kier alpha value is -0.560. The van der Waals surface area contributed by atoms with Gasteiger partial charge in [0.2, 0.25) is 0 Å². The van der Waals surface area contributed by atoms with E-state index >= 15 is 0 Å². The third-order valence-electron chi connectivity index (χ3n) is 1.90. The third kappa shape index (κ3) is 2.22. The summed E-state index contributed by atoms with van der Waals surface area (Å²) in [6.45, 7) is 1.87. The van der Waals surface area contributed by atoms with Crippen LogP contribution in [0.5, 0.6) is 0 Å². The van der Waals surface area contributed by atoms with Crippen LogP contribution in [0.3, 0.4) is 0 Å². The van der Waals surface area contributed by atoms with E-state index in [1.54, 1.807) is 6.07 Å². The first-order valence-electron chi connectivity index (χ1n) is 4.01. The zero-order valence-corrected chi connectivity index (χ0v) is 8.77. The van der Waals surface area contributed by atoms with Gasteiger partial charge in [-0.1, -0.05) is 18.5 Å². The van der Waals surface area contributed by atoms with Crippen molar-refractivity contribution in [3.8, 4) is 6.07 Å². The maximum Gasteiger partial charge on any atom is 0.105 e. The second-order valence-electron chi connectivity index (χ2n) is 2.72. The smallest absolute Gasteiger partial charge is 0.105 e. The number of hydrogen-bond donors (Lipinski definition) is 1. The molecule has 0 amide bonds. The predicted octanol–water partition coefficient (Wildman–Crippen LogP) is 2.98. The highest BCUT2D eigenvalue weighted by Crippen LogP contribution is 2.33. The van der Waals surface area contributed by atoms with Crippen molar-refractivity contribution in [3.05, 3.63) is 21.3 Å². The molecule has 0 aromatic carbocycles. The number of nitrogens with zero attached hydrogens (tertiary/aromatic N) is 1. The maximum atomic E-state index is 9.75. The van der Waals surface area contributed by atoms with Gasteiger partial charge in [0.25, 0.3) is 0 Å². The summed E-state index contributed by atoms with van der Waals surface area (Å²) in [4.78, 5) is 0.690. The highest BCUT2D eigenvalue weighted by atomic mass is 35.5. The summed E-state index contributed by atoms with van der Waals surface area (Å²) in [5.74, 6) is -0.365. The van der Waals surface area contributed by atoms with Crippen molar-refractivity contribution in [2.75, 3.05) is 0 Å². The van der Waals surface area contributed by atoms with E-state index in [0.29, 0.717) is 16.3 Å². The first-order valence-corrected chi connectivity index (χ1v) is 5.27. The molecule has 70 valence electrons. The molecule has 1 heterocycles. The lowest BCUT2D eigenvalue weighted by atomic mass is 10.0. The average molecular weight is 216 g/mol. The molecular weight excluding hydrogens is 206 g/mol. The van der Waals surface area contributed by atoms with Gasteiger partial charge < -0.3 is 5.11 Å². The van der Waals surface area contributed by atoms with Crippen molar-refractivity contribution in [2.45, 2.75) is 19.4 Å². The second-order valence-corrected chi connectivity index (χ2v) is 4.08. The maximum absolute atomic E-state index is 9.75.